The zero-order valence-corrected chi connectivity index (χ0v) is 14.1. The monoisotopic (exact) mass is 363 g/mol. The van der Waals surface area contributed by atoms with Crippen molar-refractivity contribution in [1.82, 2.24) is 4.31 Å². The molecule has 1 heterocycles. The van der Waals surface area contributed by atoms with Crippen LogP contribution in [0.2, 0.25) is 0 Å². The van der Waals surface area contributed by atoms with Gasteiger partial charge in [-0.3, -0.25) is 0 Å². The standard InChI is InChI=1S/C16H20F3NO3S/c1-13-2-4-14(5-3-13)8-11-24(21,22)20(12-16(17,18)19)15-6-9-23-10-7-15/h2-5,8,11,15H,6-7,9-10,12H2,1H3/b11-8+. The van der Waals surface area contributed by atoms with Crippen LogP contribution in [0.5, 0.6) is 0 Å². The lowest BCUT2D eigenvalue weighted by Crippen LogP contribution is -2.47. The Morgan fingerprint density at radius 2 is 1.79 bits per heavy atom. The molecule has 0 aliphatic carbocycles. The quantitative estimate of drug-likeness (QED) is 0.806. The average molecular weight is 363 g/mol. The highest BCUT2D eigenvalue weighted by molar-refractivity contribution is 7.92. The molecule has 1 aliphatic heterocycles. The van der Waals surface area contributed by atoms with Gasteiger partial charge in [0.1, 0.15) is 6.54 Å². The largest absolute Gasteiger partial charge is 0.402 e. The smallest absolute Gasteiger partial charge is 0.381 e. The van der Waals surface area contributed by atoms with E-state index in [4.69, 9.17) is 4.74 Å². The Morgan fingerprint density at radius 1 is 1.21 bits per heavy atom. The summed E-state index contributed by atoms with van der Waals surface area (Å²) in [7, 11) is -4.19. The van der Waals surface area contributed by atoms with Gasteiger partial charge in [0.15, 0.2) is 0 Å². The zero-order chi connectivity index (χ0) is 17.8. The summed E-state index contributed by atoms with van der Waals surface area (Å²) in [5.41, 5.74) is 1.62. The van der Waals surface area contributed by atoms with E-state index in [2.05, 4.69) is 0 Å². The van der Waals surface area contributed by atoms with Gasteiger partial charge in [-0.15, -0.1) is 0 Å². The molecule has 1 saturated heterocycles. The van der Waals surface area contributed by atoms with Crippen LogP contribution in [0.4, 0.5) is 13.2 Å². The van der Waals surface area contributed by atoms with Crippen molar-refractivity contribution in [2.75, 3.05) is 19.8 Å². The molecule has 8 heteroatoms. The number of hydrogen-bond donors (Lipinski definition) is 0. The molecule has 1 aromatic carbocycles. The summed E-state index contributed by atoms with van der Waals surface area (Å²) in [6, 6.07) is 6.33. The fourth-order valence-corrected chi connectivity index (χ4v) is 3.94. The summed E-state index contributed by atoms with van der Waals surface area (Å²) < 4.78 is 69.1. The van der Waals surface area contributed by atoms with E-state index in [-0.39, 0.29) is 26.1 Å². The van der Waals surface area contributed by atoms with Gasteiger partial charge in [0.2, 0.25) is 10.0 Å². The Bertz CT molecular complexity index is 663. The van der Waals surface area contributed by atoms with Crippen molar-refractivity contribution in [1.29, 1.82) is 0 Å². The maximum atomic E-state index is 12.8. The Balaban J connectivity index is 2.23. The first kappa shape index (κ1) is 19.0. The number of ether oxygens (including phenoxy) is 1. The van der Waals surface area contributed by atoms with Gasteiger partial charge >= 0.3 is 6.18 Å². The van der Waals surface area contributed by atoms with Crippen LogP contribution in [0.3, 0.4) is 0 Å². The zero-order valence-electron chi connectivity index (χ0n) is 13.3. The Labute approximate surface area is 140 Å². The number of aryl methyl sites for hydroxylation is 1. The highest BCUT2D eigenvalue weighted by Crippen LogP contribution is 2.25. The van der Waals surface area contributed by atoms with E-state index in [0.29, 0.717) is 9.87 Å². The van der Waals surface area contributed by atoms with E-state index in [1.54, 1.807) is 24.3 Å². The summed E-state index contributed by atoms with van der Waals surface area (Å²) in [5.74, 6) is 0. The third kappa shape index (κ3) is 5.61. The van der Waals surface area contributed by atoms with Gasteiger partial charge in [-0.05, 0) is 31.4 Å². The maximum absolute atomic E-state index is 12.8. The maximum Gasteiger partial charge on any atom is 0.402 e. The Morgan fingerprint density at radius 3 is 2.33 bits per heavy atom. The van der Waals surface area contributed by atoms with E-state index in [1.165, 1.54) is 6.08 Å². The molecule has 1 aromatic rings. The summed E-state index contributed by atoms with van der Waals surface area (Å²) in [6.45, 7) is 0.922. The number of hydrogen-bond acceptors (Lipinski definition) is 3. The first-order valence-electron chi connectivity index (χ1n) is 7.58. The summed E-state index contributed by atoms with van der Waals surface area (Å²) in [4.78, 5) is 0. The van der Waals surface area contributed by atoms with E-state index in [1.807, 2.05) is 6.92 Å². The average Bonchev–Trinajstić information content (AvgIpc) is 2.52. The molecule has 2 rings (SSSR count). The third-order valence-corrected chi connectivity index (χ3v) is 5.33. The molecule has 0 spiro atoms. The second-order valence-corrected chi connectivity index (χ2v) is 7.53. The van der Waals surface area contributed by atoms with Crippen molar-refractivity contribution < 1.29 is 26.3 Å². The van der Waals surface area contributed by atoms with Crippen molar-refractivity contribution in [3.05, 3.63) is 40.8 Å². The first-order valence-corrected chi connectivity index (χ1v) is 9.09. The van der Waals surface area contributed by atoms with Crippen LogP contribution in [0.1, 0.15) is 24.0 Å². The van der Waals surface area contributed by atoms with E-state index in [0.717, 1.165) is 11.0 Å². The van der Waals surface area contributed by atoms with Crippen LogP contribution < -0.4 is 0 Å². The molecule has 1 fully saturated rings. The number of alkyl halides is 3. The van der Waals surface area contributed by atoms with Crippen LogP contribution in [-0.4, -0.2) is 44.7 Å². The van der Waals surface area contributed by atoms with Gasteiger partial charge in [-0.2, -0.15) is 17.5 Å². The molecule has 0 atom stereocenters. The minimum Gasteiger partial charge on any atom is -0.381 e. The lowest BCUT2D eigenvalue weighted by molar-refractivity contribution is -0.141. The van der Waals surface area contributed by atoms with Crippen molar-refractivity contribution in [3.63, 3.8) is 0 Å². The van der Waals surface area contributed by atoms with E-state index >= 15 is 0 Å². The minimum atomic E-state index is -4.59. The molecule has 0 unspecified atom stereocenters. The number of rotatable bonds is 5. The minimum absolute atomic E-state index is 0.258. The van der Waals surface area contributed by atoms with Gasteiger partial charge in [0.25, 0.3) is 0 Å². The molecule has 0 saturated carbocycles. The van der Waals surface area contributed by atoms with Crippen LogP contribution in [0.15, 0.2) is 29.7 Å². The van der Waals surface area contributed by atoms with E-state index in [9.17, 15) is 21.6 Å². The summed E-state index contributed by atoms with van der Waals surface area (Å²) >= 11 is 0. The lowest BCUT2D eigenvalue weighted by atomic mass is 10.1. The highest BCUT2D eigenvalue weighted by atomic mass is 32.2. The molecule has 0 N–H and O–H groups in total. The molecule has 0 aromatic heterocycles. The molecule has 0 radical (unpaired) electrons. The molecule has 134 valence electrons. The van der Waals surface area contributed by atoms with Crippen molar-refractivity contribution in [2.45, 2.75) is 32.0 Å². The van der Waals surface area contributed by atoms with Gasteiger partial charge in [-0.25, -0.2) is 8.42 Å². The number of nitrogens with zero attached hydrogens (tertiary/aromatic N) is 1. The number of benzene rings is 1. The van der Waals surface area contributed by atoms with Crippen molar-refractivity contribution in [2.24, 2.45) is 0 Å². The number of halogens is 3. The Hall–Kier alpha value is -1.38. The van der Waals surface area contributed by atoms with Gasteiger partial charge in [0.05, 0.1) is 0 Å². The lowest BCUT2D eigenvalue weighted by Gasteiger charge is -2.32. The molecular formula is C16H20F3NO3S. The molecule has 0 bridgehead atoms. The molecular weight excluding hydrogens is 343 g/mol. The number of sulfonamides is 1. The fraction of sp³-hybridized carbons (Fsp3) is 0.500. The third-order valence-electron chi connectivity index (χ3n) is 3.77. The van der Waals surface area contributed by atoms with Crippen LogP contribution in [0.25, 0.3) is 6.08 Å². The second kappa shape index (κ2) is 7.67. The highest BCUT2D eigenvalue weighted by Gasteiger charge is 2.39. The predicted octanol–water partition coefficient (Wildman–Crippen LogP) is 3.34. The molecule has 4 nitrogen and oxygen atoms in total. The molecule has 1 aliphatic rings. The summed E-state index contributed by atoms with van der Waals surface area (Å²) in [6.07, 6.45) is -2.76. The van der Waals surface area contributed by atoms with Crippen molar-refractivity contribution >= 4 is 16.1 Å². The molecule has 24 heavy (non-hydrogen) atoms. The molecule has 0 amide bonds. The van der Waals surface area contributed by atoms with Crippen molar-refractivity contribution in [3.8, 4) is 0 Å². The second-order valence-electron chi connectivity index (χ2n) is 5.76. The Kier molecular flexibility index (Phi) is 6.06. The first-order chi connectivity index (χ1) is 11.2. The fourth-order valence-electron chi connectivity index (χ4n) is 2.50. The van der Waals surface area contributed by atoms with Crippen LogP contribution in [0, 0.1) is 6.92 Å². The van der Waals surface area contributed by atoms with Gasteiger partial charge in [-0.1, -0.05) is 29.8 Å². The summed E-state index contributed by atoms with van der Waals surface area (Å²) in [5, 5.41) is 0.846. The van der Waals surface area contributed by atoms with Gasteiger partial charge < -0.3 is 4.74 Å². The van der Waals surface area contributed by atoms with Crippen LogP contribution >= 0.6 is 0 Å². The normalized spacial score (nSPS) is 17.7. The topological polar surface area (TPSA) is 46.6 Å². The predicted molar refractivity (Wildman–Crippen MR) is 85.7 cm³/mol. The SMILES string of the molecule is Cc1ccc(/C=C/S(=O)(=O)N(CC(F)(F)F)C2CCOCC2)cc1. The van der Waals surface area contributed by atoms with Gasteiger partial charge in [0, 0.05) is 24.7 Å². The van der Waals surface area contributed by atoms with Crippen LogP contribution in [-0.2, 0) is 14.8 Å². The van der Waals surface area contributed by atoms with E-state index < -0.39 is 28.8 Å².